The van der Waals surface area contributed by atoms with Crippen LogP contribution in [0, 0.1) is 6.92 Å². The molecule has 0 unspecified atom stereocenters. The first-order chi connectivity index (χ1) is 8.25. The Morgan fingerprint density at radius 2 is 1.94 bits per heavy atom. The molecule has 0 saturated heterocycles. The van der Waals surface area contributed by atoms with Gasteiger partial charge in [0.25, 0.3) is 5.71 Å². The molecule has 84 valence electrons. The van der Waals surface area contributed by atoms with E-state index in [4.69, 9.17) is 4.52 Å². The SMILES string of the molecule is Cc1noc2nc(-c3ccccc3)cc(O)c12. The van der Waals surface area contributed by atoms with Crippen LogP contribution in [0.3, 0.4) is 0 Å². The summed E-state index contributed by atoms with van der Waals surface area (Å²) in [6.45, 7) is 1.77. The molecule has 3 aromatic rings. The number of aromatic hydroxyl groups is 1. The van der Waals surface area contributed by atoms with Gasteiger partial charge < -0.3 is 9.63 Å². The maximum absolute atomic E-state index is 9.94. The molecule has 1 N–H and O–H groups in total. The normalized spacial score (nSPS) is 10.9. The van der Waals surface area contributed by atoms with Crippen molar-refractivity contribution in [1.82, 2.24) is 10.1 Å². The molecule has 0 aliphatic heterocycles. The van der Waals surface area contributed by atoms with E-state index in [1.165, 1.54) is 0 Å². The molecule has 0 bridgehead atoms. The van der Waals surface area contributed by atoms with E-state index in [1.807, 2.05) is 30.3 Å². The van der Waals surface area contributed by atoms with E-state index in [1.54, 1.807) is 13.0 Å². The molecule has 0 amide bonds. The van der Waals surface area contributed by atoms with E-state index in [2.05, 4.69) is 10.1 Å². The molecule has 0 aliphatic rings. The van der Waals surface area contributed by atoms with Crippen molar-refractivity contribution in [3.63, 3.8) is 0 Å². The molecule has 2 aromatic heterocycles. The highest BCUT2D eigenvalue weighted by atomic mass is 16.5. The molecule has 0 atom stereocenters. The number of fused-ring (bicyclic) bond motifs is 1. The van der Waals surface area contributed by atoms with Gasteiger partial charge in [-0.2, -0.15) is 0 Å². The van der Waals surface area contributed by atoms with E-state index in [-0.39, 0.29) is 5.75 Å². The Morgan fingerprint density at radius 1 is 1.18 bits per heavy atom. The minimum absolute atomic E-state index is 0.146. The highest BCUT2D eigenvalue weighted by Gasteiger charge is 2.13. The molecule has 0 saturated carbocycles. The predicted octanol–water partition coefficient (Wildman–Crippen LogP) is 2.90. The van der Waals surface area contributed by atoms with Crippen LogP contribution in [0.5, 0.6) is 5.75 Å². The number of rotatable bonds is 1. The Balaban J connectivity index is 2.26. The third-order valence-corrected chi connectivity index (χ3v) is 2.67. The number of hydrogen-bond donors (Lipinski definition) is 1. The molecule has 4 nitrogen and oxygen atoms in total. The van der Waals surface area contributed by atoms with E-state index in [9.17, 15) is 5.11 Å². The molecule has 0 aliphatic carbocycles. The summed E-state index contributed by atoms with van der Waals surface area (Å²) in [7, 11) is 0. The first-order valence-electron chi connectivity index (χ1n) is 5.27. The monoisotopic (exact) mass is 226 g/mol. The van der Waals surface area contributed by atoms with E-state index in [0.717, 1.165) is 5.56 Å². The molecule has 1 aromatic carbocycles. The van der Waals surface area contributed by atoms with Gasteiger partial charge in [0.1, 0.15) is 11.1 Å². The van der Waals surface area contributed by atoms with Gasteiger partial charge in [-0.05, 0) is 6.92 Å². The maximum Gasteiger partial charge on any atom is 0.262 e. The smallest absolute Gasteiger partial charge is 0.262 e. The summed E-state index contributed by atoms with van der Waals surface area (Å²) in [5.74, 6) is 0.146. The van der Waals surface area contributed by atoms with Gasteiger partial charge >= 0.3 is 0 Å². The van der Waals surface area contributed by atoms with Crippen LogP contribution < -0.4 is 0 Å². The summed E-state index contributed by atoms with van der Waals surface area (Å²) >= 11 is 0. The van der Waals surface area contributed by atoms with Crippen molar-refractivity contribution in [2.24, 2.45) is 0 Å². The molecule has 17 heavy (non-hydrogen) atoms. The van der Waals surface area contributed by atoms with Gasteiger partial charge in [-0.1, -0.05) is 35.5 Å². The lowest BCUT2D eigenvalue weighted by molar-refractivity contribution is 0.442. The van der Waals surface area contributed by atoms with Crippen molar-refractivity contribution in [3.05, 3.63) is 42.1 Å². The molecular weight excluding hydrogens is 216 g/mol. The topological polar surface area (TPSA) is 59.2 Å². The lowest BCUT2D eigenvalue weighted by Gasteiger charge is -2.01. The third-order valence-electron chi connectivity index (χ3n) is 2.67. The first-order valence-corrected chi connectivity index (χ1v) is 5.27. The fourth-order valence-electron chi connectivity index (χ4n) is 1.83. The summed E-state index contributed by atoms with van der Waals surface area (Å²) < 4.78 is 5.07. The maximum atomic E-state index is 9.94. The molecule has 4 heteroatoms. The zero-order chi connectivity index (χ0) is 11.8. The van der Waals surface area contributed by atoms with Crippen molar-refractivity contribution in [3.8, 4) is 17.0 Å². The van der Waals surface area contributed by atoms with Crippen LogP contribution in [0.2, 0.25) is 0 Å². The number of aryl methyl sites for hydroxylation is 1. The zero-order valence-electron chi connectivity index (χ0n) is 9.21. The first kappa shape index (κ1) is 9.84. The number of hydrogen-bond acceptors (Lipinski definition) is 4. The minimum Gasteiger partial charge on any atom is -0.507 e. The summed E-state index contributed by atoms with van der Waals surface area (Å²) in [5, 5.41) is 14.3. The standard InChI is InChI=1S/C13H10N2O2/c1-8-12-11(16)7-10(14-13(12)17-15-8)9-5-3-2-4-6-9/h2-7H,1H3,(H,14,16). The number of pyridine rings is 1. The van der Waals surface area contributed by atoms with Crippen molar-refractivity contribution >= 4 is 11.1 Å². The van der Waals surface area contributed by atoms with Gasteiger partial charge in [0.15, 0.2) is 0 Å². The largest absolute Gasteiger partial charge is 0.507 e. The number of aromatic nitrogens is 2. The van der Waals surface area contributed by atoms with Crippen LogP contribution in [0.1, 0.15) is 5.69 Å². The van der Waals surface area contributed by atoms with Gasteiger partial charge in [0.05, 0.1) is 11.4 Å². The van der Waals surface area contributed by atoms with E-state index in [0.29, 0.717) is 22.5 Å². The van der Waals surface area contributed by atoms with Crippen LogP contribution in [0.15, 0.2) is 40.9 Å². The quantitative estimate of drug-likeness (QED) is 0.693. The minimum atomic E-state index is 0.146. The Kier molecular flexibility index (Phi) is 2.08. The third kappa shape index (κ3) is 1.54. The van der Waals surface area contributed by atoms with Crippen molar-refractivity contribution in [1.29, 1.82) is 0 Å². The van der Waals surface area contributed by atoms with Gasteiger partial charge in [0.2, 0.25) is 0 Å². The Hall–Kier alpha value is -2.36. The lowest BCUT2D eigenvalue weighted by Crippen LogP contribution is -1.84. The Labute approximate surface area is 97.5 Å². The molecule has 3 rings (SSSR count). The molecule has 0 fully saturated rings. The predicted molar refractivity (Wildman–Crippen MR) is 63.6 cm³/mol. The van der Waals surface area contributed by atoms with Crippen molar-refractivity contribution in [2.45, 2.75) is 6.92 Å². The van der Waals surface area contributed by atoms with Crippen LogP contribution in [-0.2, 0) is 0 Å². The zero-order valence-corrected chi connectivity index (χ0v) is 9.21. The molecule has 0 spiro atoms. The second-order valence-electron chi connectivity index (χ2n) is 3.84. The van der Waals surface area contributed by atoms with Crippen molar-refractivity contribution < 1.29 is 9.63 Å². The summed E-state index contributed by atoms with van der Waals surface area (Å²) in [6, 6.07) is 11.3. The van der Waals surface area contributed by atoms with Gasteiger partial charge in [0, 0.05) is 11.6 Å². The van der Waals surface area contributed by atoms with Crippen LogP contribution in [-0.4, -0.2) is 15.2 Å². The van der Waals surface area contributed by atoms with Crippen molar-refractivity contribution in [2.75, 3.05) is 0 Å². The van der Waals surface area contributed by atoms with Gasteiger partial charge in [-0.25, -0.2) is 4.98 Å². The lowest BCUT2D eigenvalue weighted by atomic mass is 10.1. The summed E-state index contributed by atoms with van der Waals surface area (Å²) in [6.07, 6.45) is 0. The second kappa shape index (κ2) is 3.59. The Bertz CT molecular complexity index is 674. The van der Waals surface area contributed by atoms with Gasteiger partial charge in [-0.3, -0.25) is 0 Å². The van der Waals surface area contributed by atoms with Crippen LogP contribution in [0.25, 0.3) is 22.4 Å². The fraction of sp³-hybridized carbons (Fsp3) is 0.0769. The average Bonchev–Trinajstić information content (AvgIpc) is 2.73. The Morgan fingerprint density at radius 3 is 2.71 bits per heavy atom. The van der Waals surface area contributed by atoms with E-state index >= 15 is 0 Å². The van der Waals surface area contributed by atoms with E-state index < -0.39 is 0 Å². The fourth-order valence-corrected chi connectivity index (χ4v) is 1.83. The van der Waals surface area contributed by atoms with Gasteiger partial charge in [-0.15, -0.1) is 0 Å². The molecule has 0 radical (unpaired) electrons. The highest BCUT2D eigenvalue weighted by Crippen LogP contribution is 2.30. The number of nitrogens with zero attached hydrogens (tertiary/aromatic N) is 2. The summed E-state index contributed by atoms with van der Waals surface area (Å²) in [5.41, 5.74) is 2.61. The number of benzene rings is 1. The van der Waals surface area contributed by atoms with Crippen LogP contribution >= 0.6 is 0 Å². The molecule has 2 heterocycles. The van der Waals surface area contributed by atoms with Crippen LogP contribution in [0.4, 0.5) is 0 Å². The highest BCUT2D eigenvalue weighted by molar-refractivity contribution is 5.85. The average molecular weight is 226 g/mol. The summed E-state index contributed by atoms with van der Waals surface area (Å²) in [4.78, 5) is 4.34. The molecular formula is C13H10N2O2. The second-order valence-corrected chi connectivity index (χ2v) is 3.84.